The first-order chi connectivity index (χ1) is 8.73. The molecule has 1 aliphatic rings. The van der Waals surface area contributed by atoms with Crippen LogP contribution in [-0.4, -0.2) is 51.6 Å². The summed E-state index contributed by atoms with van der Waals surface area (Å²) in [6.45, 7) is 9.15. The molecule has 2 atom stereocenters. The predicted octanol–water partition coefficient (Wildman–Crippen LogP) is 2.02. The fourth-order valence-electron chi connectivity index (χ4n) is 1.85. The van der Waals surface area contributed by atoms with Gasteiger partial charge in [-0.2, -0.15) is 11.8 Å². The highest BCUT2D eigenvalue weighted by Crippen LogP contribution is 2.30. The molecule has 1 saturated heterocycles. The zero-order chi connectivity index (χ0) is 14.6. The Bertz CT molecular complexity index is 347. The topological polar surface area (TPSA) is 69.6 Å². The second-order valence-electron chi connectivity index (χ2n) is 5.71. The van der Waals surface area contributed by atoms with Crippen LogP contribution in [-0.2, 0) is 4.79 Å². The van der Waals surface area contributed by atoms with Gasteiger partial charge in [-0.3, -0.25) is 4.79 Å². The maximum absolute atomic E-state index is 12.1. The van der Waals surface area contributed by atoms with E-state index in [0.717, 1.165) is 18.7 Å². The number of aliphatic carboxylic acids is 1. The van der Waals surface area contributed by atoms with E-state index < -0.39 is 11.9 Å². The molecular formula is C13H24N2O3S. The first-order valence-electron chi connectivity index (χ1n) is 6.65. The summed E-state index contributed by atoms with van der Waals surface area (Å²) >= 11 is 1.88. The number of amides is 2. The minimum absolute atomic E-state index is 0.154. The largest absolute Gasteiger partial charge is 0.481 e. The van der Waals surface area contributed by atoms with Gasteiger partial charge in [-0.1, -0.05) is 13.8 Å². The number of thioether (sulfide) groups is 1. The van der Waals surface area contributed by atoms with Crippen LogP contribution in [0.25, 0.3) is 0 Å². The number of carboxylic acids is 1. The standard InChI is InChI=1S/C13H24N2O3S/c1-9(11(16)17)10(2)14-12(18)15-6-5-13(3,4)19-8-7-15/h9-10H,5-8H2,1-4H3,(H,14,18)(H,16,17). The second-order valence-corrected chi connectivity index (χ2v) is 7.51. The van der Waals surface area contributed by atoms with Crippen molar-refractivity contribution >= 4 is 23.8 Å². The molecule has 110 valence electrons. The van der Waals surface area contributed by atoms with Gasteiger partial charge in [-0.05, 0) is 20.3 Å². The SMILES string of the molecule is CC(NC(=O)N1CCSC(C)(C)CC1)C(C)C(=O)O. The molecule has 2 N–H and O–H groups in total. The molecule has 2 amide bonds. The first kappa shape index (κ1) is 16.1. The zero-order valence-electron chi connectivity index (χ0n) is 12.1. The van der Waals surface area contributed by atoms with Gasteiger partial charge in [0, 0.05) is 29.6 Å². The Morgan fingerprint density at radius 3 is 2.53 bits per heavy atom. The van der Waals surface area contributed by atoms with Gasteiger partial charge in [0.1, 0.15) is 0 Å². The molecule has 1 fully saturated rings. The molecule has 0 aliphatic carbocycles. The Kier molecular flexibility index (Phi) is 5.52. The van der Waals surface area contributed by atoms with Crippen LogP contribution >= 0.6 is 11.8 Å². The number of nitrogens with one attached hydrogen (secondary N) is 1. The lowest BCUT2D eigenvalue weighted by Crippen LogP contribution is -2.48. The van der Waals surface area contributed by atoms with Gasteiger partial charge in [-0.15, -0.1) is 0 Å². The summed E-state index contributed by atoms with van der Waals surface area (Å²) in [6.07, 6.45) is 0.952. The summed E-state index contributed by atoms with van der Waals surface area (Å²) in [6, 6.07) is -0.521. The van der Waals surface area contributed by atoms with E-state index >= 15 is 0 Å². The molecule has 0 bridgehead atoms. The molecule has 1 rings (SSSR count). The fourth-order valence-corrected chi connectivity index (χ4v) is 2.95. The van der Waals surface area contributed by atoms with Crippen molar-refractivity contribution in [1.29, 1.82) is 0 Å². The van der Waals surface area contributed by atoms with Crippen molar-refractivity contribution in [3.8, 4) is 0 Å². The summed E-state index contributed by atoms with van der Waals surface area (Å²) in [5.74, 6) is -0.550. The van der Waals surface area contributed by atoms with Gasteiger partial charge >= 0.3 is 12.0 Å². The molecule has 5 nitrogen and oxygen atoms in total. The average molecular weight is 288 g/mol. The van der Waals surface area contributed by atoms with Crippen molar-refractivity contribution in [2.45, 2.75) is 44.9 Å². The lowest BCUT2D eigenvalue weighted by atomic mass is 10.0. The summed E-state index contributed by atoms with van der Waals surface area (Å²) in [4.78, 5) is 24.8. The number of hydrogen-bond acceptors (Lipinski definition) is 3. The summed E-state index contributed by atoms with van der Waals surface area (Å²) in [5.41, 5.74) is 0. The van der Waals surface area contributed by atoms with E-state index in [0.29, 0.717) is 6.54 Å². The molecule has 0 aromatic rings. The maximum Gasteiger partial charge on any atom is 0.317 e. The monoisotopic (exact) mass is 288 g/mol. The van der Waals surface area contributed by atoms with Gasteiger partial charge < -0.3 is 15.3 Å². The number of carboxylic acid groups (broad SMARTS) is 1. The molecule has 6 heteroatoms. The highest BCUT2D eigenvalue weighted by Gasteiger charge is 2.28. The molecule has 1 aliphatic heterocycles. The van der Waals surface area contributed by atoms with Crippen molar-refractivity contribution in [1.82, 2.24) is 10.2 Å². The van der Waals surface area contributed by atoms with Crippen LogP contribution in [0.2, 0.25) is 0 Å². The Morgan fingerprint density at radius 1 is 1.32 bits per heavy atom. The Hall–Kier alpha value is -0.910. The summed E-state index contributed by atoms with van der Waals surface area (Å²) < 4.78 is 0.203. The second kappa shape index (κ2) is 6.50. The fraction of sp³-hybridized carbons (Fsp3) is 0.846. The molecule has 0 aromatic carbocycles. The molecule has 1 heterocycles. The Labute approximate surface area is 119 Å². The van der Waals surface area contributed by atoms with Crippen molar-refractivity contribution < 1.29 is 14.7 Å². The first-order valence-corrected chi connectivity index (χ1v) is 7.64. The smallest absolute Gasteiger partial charge is 0.317 e. The van der Waals surface area contributed by atoms with Crippen molar-refractivity contribution in [3.63, 3.8) is 0 Å². The highest BCUT2D eigenvalue weighted by atomic mass is 32.2. The molecule has 19 heavy (non-hydrogen) atoms. The molecule has 2 unspecified atom stereocenters. The molecule has 0 radical (unpaired) electrons. The lowest BCUT2D eigenvalue weighted by molar-refractivity contribution is -0.141. The molecule has 0 aromatic heterocycles. The minimum Gasteiger partial charge on any atom is -0.481 e. The van der Waals surface area contributed by atoms with Gasteiger partial charge in [-0.25, -0.2) is 4.79 Å². The molecule has 0 spiro atoms. The van der Waals surface area contributed by atoms with Gasteiger partial charge in [0.25, 0.3) is 0 Å². The van der Waals surface area contributed by atoms with E-state index in [1.165, 1.54) is 0 Å². The van der Waals surface area contributed by atoms with Gasteiger partial charge in [0.2, 0.25) is 0 Å². The number of carbonyl (C=O) groups excluding carboxylic acids is 1. The Morgan fingerprint density at radius 2 is 1.95 bits per heavy atom. The third-order valence-corrected chi connectivity index (χ3v) is 4.99. The number of nitrogens with zero attached hydrogens (tertiary/aromatic N) is 1. The summed E-state index contributed by atoms with van der Waals surface area (Å²) in [5, 5.41) is 11.7. The van der Waals surface area contributed by atoms with Crippen LogP contribution in [0.3, 0.4) is 0 Å². The number of hydrogen-bond donors (Lipinski definition) is 2. The minimum atomic E-state index is -0.889. The van der Waals surface area contributed by atoms with Gasteiger partial charge in [0.15, 0.2) is 0 Å². The van der Waals surface area contributed by atoms with Crippen LogP contribution in [0.15, 0.2) is 0 Å². The zero-order valence-corrected chi connectivity index (χ0v) is 12.9. The lowest BCUT2D eigenvalue weighted by Gasteiger charge is -2.25. The third-order valence-electron chi connectivity index (χ3n) is 3.62. The van der Waals surface area contributed by atoms with Crippen LogP contribution < -0.4 is 5.32 Å². The normalized spacial score (nSPS) is 22.2. The third kappa shape index (κ3) is 4.93. The van der Waals surface area contributed by atoms with E-state index in [9.17, 15) is 9.59 Å². The summed E-state index contributed by atoms with van der Waals surface area (Å²) in [7, 11) is 0. The van der Waals surface area contributed by atoms with E-state index in [1.54, 1.807) is 18.7 Å². The Balaban J connectivity index is 2.52. The van der Waals surface area contributed by atoms with E-state index in [1.807, 2.05) is 11.8 Å². The van der Waals surface area contributed by atoms with Crippen LogP contribution in [0.1, 0.15) is 34.1 Å². The van der Waals surface area contributed by atoms with E-state index in [2.05, 4.69) is 19.2 Å². The molecular weight excluding hydrogens is 264 g/mol. The van der Waals surface area contributed by atoms with Crippen molar-refractivity contribution in [3.05, 3.63) is 0 Å². The van der Waals surface area contributed by atoms with E-state index in [4.69, 9.17) is 5.11 Å². The van der Waals surface area contributed by atoms with Crippen LogP contribution in [0.5, 0.6) is 0 Å². The van der Waals surface area contributed by atoms with Crippen LogP contribution in [0.4, 0.5) is 4.79 Å². The number of carbonyl (C=O) groups is 2. The van der Waals surface area contributed by atoms with E-state index in [-0.39, 0.29) is 16.8 Å². The van der Waals surface area contributed by atoms with Crippen molar-refractivity contribution in [2.24, 2.45) is 5.92 Å². The maximum atomic E-state index is 12.1. The number of urea groups is 1. The van der Waals surface area contributed by atoms with Crippen LogP contribution in [0, 0.1) is 5.92 Å². The van der Waals surface area contributed by atoms with Crippen molar-refractivity contribution in [2.75, 3.05) is 18.8 Å². The van der Waals surface area contributed by atoms with Gasteiger partial charge in [0.05, 0.1) is 5.92 Å². The number of rotatable bonds is 3. The average Bonchev–Trinajstić information content (AvgIpc) is 2.48. The quantitative estimate of drug-likeness (QED) is 0.833. The highest BCUT2D eigenvalue weighted by molar-refractivity contribution is 8.00. The molecule has 0 saturated carbocycles. The predicted molar refractivity (Wildman–Crippen MR) is 77.5 cm³/mol.